The Morgan fingerprint density at radius 2 is 1.93 bits per heavy atom. The molecule has 30 heavy (non-hydrogen) atoms. The van der Waals surface area contributed by atoms with Gasteiger partial charge in [0.15, 0.2) is 0 Å². The summed E-state index contributed by atoms with van der Waals surface area (Å²) in [6.45, 7) is 9.71. The lowest BCUT2D eigenvalue weighted by Crippen LogP contribution is -2.36. The smallest absolute Gasteiger partial charge is 0.407 e. The number of hydrogen-bond acceptors (Lipinski definition) is 6. The van der Waals surface area contributed by atoms with Crippen LogP contribution in [0.4, 0.5) is 4.79 Å². The molecule has 0 radical (unpaired) electrons. The average molecular weight is 436 g/mol. The van der Waals surface area contributed by atoms with Gasteiger partial charge in [-0.1, -0.05) is 0 Å². The molecule has 9 heteroatoms. The Morgan fingerprint density at radius 1 is 1.20 bits per heavy atom. The number of benzene rings is 1. The topological polar surface area (TPSA) is 110 Å². The van der Waals surface area contributed by atoms with Gasteiger partial charge in [0.1, 0.15) is 11.2 Å². The number of pyridine rings is 1. The Labute approximate surface area is 180 Å². The first-order valence-corrected chi connectivity index (χ1v) is 10.8. The summed E-state index contributed by atoms with van der Waals surface area (Å²) in [5.74, 6) is -0.454. The quantitative estimate of drug-likeness (QED) is 0.410. The number of aryl methyl sites for hydroxylation is 1. The molecule has 164 valence electrons. The van der Waals surface area contributed by atoms with Crippen LogP contribution < -0.4 is 16.1 Å². The lowest BCUT2D eigenvalue weighted by Gasteiger charge is -2.19. The Balaban J connectivity index is 1.87. The van der Waals surface area contributed by atoms with E-state index < -0.39 is 23.1 Å². The SMILES string of the molecule is CCn1cc(C(=O)O)c(=O)c2cc(SCCNCCNC(=O)OC(C)(C)C)ccc21. The molecular formula is C21H29N3O5S. The van der Waals surface area contributed by atoms with E-state index in [0.29, 0.717) is 31.6 Å². The van der Waals surface area contributed by atoms with Gasteiger partial charge in [-0.2, -0.15) is 0 Å². The van der Waals surface area contributed by atoms with Crippen molar-refractivity contribution in [2.45, 2.75) is 44.7 Å². The van der Waals surface area contributed by atoms with Gasteiger partial charge in [-0.05, 0) is 45.9 Å². The number of carbonyl (C=O) groups excluding carboxylic acids is 1. The van der Waals surface area contributed by atoms with Crippen LogP contribution in [0.3, 0.4) is 0 Å². The molecule has 0 saturated heterocycles. The maximum Gasteiger partial charge on any atom is 0.407 e. The monoisotopic (exact) mass is 435 g/mol. The fraction of sp³-hybridized carbons (Fsp3) is 0.476. The largest absolute Gasteiger partial charge is 0.477 e. The van der Waals surface area contributed by atoms with Crippen LogP contribution in [-0.4, -0.2) is 52.7 Å². The maximum absolute atomic E-state index is 12.5. The first-order valence-electron chi connectivity index (χ1n) is 9.83. The summed E-state index contributed by atoms with van der Waals surface area (Å²) in [6.07, 6.45) is 0.961. The number of nitrogens with zero attached hydrogens (tertiary/aromatic N) is 1. The van der Waals surface area contributed by atoms with Gasteiger partial charge >= 0.3 is 12.1 Å². The second kappa shape index (κ2) is 10.5. The van der Waals surface area contributed by atoms with Crippen LogP contribution in [0, 0.1) is 0 Å². The van der Waals surface area contributed by atoms with Crippen molar-refractivity contribution in [2.75, 3.05) is 25.4 Å². The number of alkyl carbamates (subject to hydrolysis) is 1. The predicted octanol–water partition coefficient (Wildman–Crippen LogP) is 2.93. The zero-order chi connectivity index (χ0) is 22.3. The van der Waals surface area contributed by atoms with Crippen molar-refractivity contribution >= 4 is 34.7 Å². The number of thioether (sulfide) groups is 1. The Morgan fingerprint density at radius 3 is 2.57 bits per heavy atom. The van der Waals surface area contributed by atoms with E-state index >= 15 is 0 Å². The van der Waals surface area contributed by atoms with Crippen LogP contribution in [0.25, 0.3) is 10.9 Å². The normalized spacial score (nSPS) is 11.5. The first-order chi connectivity index (χ1) is 14.1. The third-order valence-corrected chi connectivity index (χ3v) is 5.14. The molecule has 0 fully saturated rings. The average Bonchev–Trinajstić information content (AvgIpc) is 2.66. The third-order valence-electron chi connectivity index (χ3n) is 4.14. The zero-order valence-electron chi connectivity index (χ0n) is 17.8. The number of hydrogen-bond donors (Lipinski definition) is 3. The van der Waals surface area contributed by atoms with E-state index in [1.807, 2.05) is 39.8 Å². The minimum absolute atomic E-state index is 0.217. The molecule has 0 saturated carbocycles. The highest BCUT2D eigenvalue weighted by atomic mass is 32.2. The molecular weight excluding hydrogens is 406 g/mol. The zero-order valence-corrected chi connectivity index (χ0v) is 18.6. The Bertz CT molecular complexity index is 965. The van der Waals surface area contributed by atoms with Crippen molar-refractivity contribution < 1.29 is 19.4 Å². The van der Waals surface area contributed by atoms with Crippen molar-refractivity contribution in [3.05, 3.63) is 40.2 Å². The van der Waals surface area contributed by atoms with Gasteiger partial charge in [-0.3, -0.25) is 4.79 Å². The highest BCUT2D eigenvalue weighted by Gasteiger charge is 2.16. The van der Waals surface area contributed by atoms with Crippen molar-refractivity contribution in [2.24, 2.45) is 0 Å². The fourth-order valence-corrected chi connectivity index (χ4v) is 3.66. The van der Waals surface area contributed by atoms with Crippen LogP contribution in [-0.2, 0) is 11.3 Å². The fourth-order valence-electron chi connectivity index (χ4n) is 2.81. The number of nitrogens with one attached hydrogen (secondary N) is 2. The van der Waals surface area contributed by atoms with Crippen LogP contribution in [0.1, 0.15) is 38.1 Å². The summed E-state index contributed by atoms with van der Waals surface area (Å²) < 4.78 is 6.93. The van der Waals surface area contributed by atoms with Crippen molar-refractivity contribution in [1.29, 1.82) is 0 Å². The van der Waals surface area contributed by atoms with Gasteiger partial charge in [0, 0.05) is 48.4 Å². The van der Waals surface area contributed by atoms with Crippen molar-refractivity contribution in [1.82, 2.24) is 15.2 Å². The number of rotatable bonds is 9. The maximum atomic E-state index is 12.5. The van der Waals surface area contributed by atoms with Crippen LogP contribution in [0.15, 0.2) is 34.1 Å². The number of ether oxygens (including phenoxy) is 1. The lowest BCUT2D eigenvalue weighted by molar-refractivity contribution is 0.0527. The van der Waals surface area contributed by atoms with Gasteiger partial charge in [-0.15, -0.1) is 11.8 Å². The minimum Gasteiger partial charge on any atom is -0.477 e. The number of aromatic nitrogens is 1. The number of carboxylic acids is 1. The van der Waals surface area contributed by atoms with Crippen molar-refractivity contribution in [3.8, 4) is 0 Å². The van der Waals surface area contributed by atoms with Gasteiger partial charge in [-0.25, -0.2) is 9.59 Å². The number of amides is 1. The molecule has 0 spiro atoms. The number of carboxylic acid groups (broad SMARTS) is 1. The second-order valence-electron chi connectivity index (χ2n) is 7.67. The molecule has 0 atom stereocenters. The molecule has 3 N–H and O–H groups in total. The molecule has 1 aromatic heterocycles. The molecule has 0 bridgehead atoms. The van der Waals surface area contributed by atoms with Gasteiger partial charge < -0.3 is 25.0 Å². The van der Waals surface area contributed by atoms with Gasteiger partial charge in [0.25, 0.3) is 0 Å². The number of carbonyl (C=O) groups is 2. The highest BCUT2D eigenvalue weighted by molar-refractivity contribution is 7.99. The van der Waals surface area contributed by atoms with E-state index in [0.717, 1.165) is 16.2 Å². The van der Waals surface area contributed by atoms with Crippen LogP contribution in [0.2, 0.25) is 0 Å². The Kier molecular flexibility index (Phi) is 8.31. The number of fused-ring (bicyclic) bond motifs is 1. The summed E-state index contributed by atoms with van der Waals surface area (Å²) in [5.41, 5.74) is -0.468. The third kappa shape index (κ3) is 6.77. The van der Waals surface area contributed by atoms with Crippen LogP contribution >= 0.6 is 11.8 Å². The van der Waals surface area contributed by atoms with E-state index in [9.17, 15) is 19.5 Å². The molecule has 8 nitrogen and oxygen atoms in total. The summed E-state index contributed by atoms with van der Waals surface area (Å²) in [6, 6.07) is 5.54. The highest BCUT2D eigenvalue weighted by Crippen LogP contribution is 2.22. The molecule has 2 rings (SSSR count). The first kappa shape index (κ1) is 23.8. The molecule has 2 aromatic rings. The van der Waals surface area contributed by atoms with Crippen molar-refractivity contribution in [3.63, 3.8) is 0 Å². The number of aromatic carboxylic acids is 1. The molecule has 0 aliphatic heterocycles. The summed E-state index contributed by atoms with van der Waals surface area (Å²) in [5, 5.41) is 15.6. The lowest BCUT2D eigenvalue weighted by atomic mass is 10.1. The summed E-state index contributed by atoms with van der Waals surface area (Å²) in [4.78, 5) is 36.3. The molecule has 1 heterocycles. The molecule has 1 aromatic carbocycles. The van der Waals surface area contributed by atoms with Gasteiger partial charge in [0.05, 0.1) is 5.52 Å². The second-order valence-corrected chi connectivity index (χ2v) is 8.84. The molecule has 1 amide bonds. The Hall–Kier alpha value is -2.52. The van der Waals surface area contributed by atoms with E-state index in [1.54, 1.807) is 22.4 Å². The standard InChI is InChI=1S/C21H29N3O5S/c1-5-24-13-16(19(26)27)18(25)15-12-14(6-7-17(15)24)30-11-10-22-8-9-23-20(28)29-21(2,3)4/h6-7,12-13,22H,5,8-11H2,1-4H3,(H,23,28)(H,26,27). The molecule has 0 unspecified atom stereocenters. The predicted molar refractivity (Wildman–Crippen MR) is 119 cm³/mol. The molecule has 0 aliphatic rings. The van der Waals surface area contributed by atoms with E-state index in [1.165, 1.54) is 6.20 Å². The van der Waals surface area contributed by atoms with Crippen LogP contribution in [0.5, 0.6) is 0 Å². The minimum atomic E-state index is -1.22. The van der Waals surface area contributed by atoms with Gasteiger partial charge in [0.2, 0.25) is 5.43 Å². The van der Waals surface area contributed by atoms with E-state index in [-0.39, 0.29) is 5.56 Å². The summed E-state index contributed by atoms with van der Waals surface area (Å²) >= 11 is 1.57. The van der Waals surface area contributed by atoms with E-state index in [4.69, 9.17) is 4.74 Å². The van der Waals surface area contributed by atoms with E-state index in [2.05, 4.69) is 10.6 Å². The molecule has 0 aliphatic carbocycles. The summed E-state index contributed by atoms with van der Waals surface area (Å²) in [7, 11) is 0.